The SMILES string of the molecule is CC(N)CC(C)(C)c1ccc(F)c(F)c1F. The van der Waals surface area contributed by atoms with Crippen molar-refractivity contribution < 1.29 is 13.2 Å². The maximum absolute atomic E-state index is 13.6. The molecule has 0 bridgehead atoms. The topological polar surface area (TPSA) is 26.0 Å². The second-order valence-corrected chi connectivity index (χ2v) is 4.79. The summed E-state index contributed by atoms with van der Waals surface area (Å²) in [5, 5.41) is 0. The minimum Gasteiger partial charge on any atom is -0.328 e. The van der Waals surface area contributed by atoms with Crippen LogP contribution in [-0.4, -0.2) is 6.04 Å². The van der Waals surface area contributed by atoms with E-state index in [-0.39, 0.29) is 11.6 Å². The molecule has 0 radical (unpaired) electrons. The first-order valence-corrected chi connectivity index (χ1v) is 5.15. The predicted molar refractivity (Wildman–Crippen MR) is 57.6 cm³/mol. The molecule has 1 aromatic carbocycles. The summed E-state index contributed by atoms with van der Waals surface area (Å²) in [5.74, 6) is -3.71. The summed E-state index contributed by atoms with van der Waals surface area (Å²) in [7, 11) is 0. The maximum Gasteiger partial charge on any atom is 0.194 e. The molecular weight excluding hydrogens is 215 g/mol. The molecule has 0 aliphatic rings. The monoisotopic (exact) mass is 231 g/mol. The number of benzene rings is 1. The van der Waals surface area contributed by atoms with Crippen LogP contribution in [0.3, 0.4) is 0 Å². The lowest BCUT2D eigenvalue weighted by atomic mass is 9.79. The highest BCUT2D eigenvalue weighted by atomic mass is 19.2. The van der Waals surface area contributed by atoms with Crippen LogP contribution in [0.25, 0.3) is 0 Å². The van der Waals surface area contributed by atoms with E-state index in [4.69, 9.17) is 5.73 Å². The number of nitrogens with two attached hydrogens (primary N) is 1. The lowest BCUT2D eigenvalue weighted by Gasteiger charge is -2.27. The van der Waals surface area contributed by atoms with Crippen LogP contribution in [-0.2, 0) is 5.41 Å². The van der Waals surface area contributed by atoms with Gasteiger partial charge in [-0.25, -0.2) is 13.2 Å². The van der Waals surface area contributed by atoms with Crippen LogP contribution in [0.15, 0.2) is 12.1 Å². The van der Waals surface area contributed by atoms with E-state index in [9.17, 15) is 13.2 Å². The molecular formula is C12H16F3N. The molecule has 4 heteroatoms. The first-order chi connectivity index (χ1) is 7.25. The van der Waals surface area contributed by atoms with Gasteiger partial charge in [-0.05, 0) is 30.4 Å². The molecule has 0 heterocycles. The van der Waals surface area contributed by atoms with Gasteiger partial charge in [-0.1, -0.05) is 19.9 Å². The van der Waals surface area contributed by atoms with Crippen molar-refractivity contribution >= 4 is 0 Å². The second-order valence-electron chi connectivity index (χ2n) is 4.79. The van der Waals surface area contributed by atoms with Gasteiger partial charge < -0.3 is 5.73 Å². The summed E-state index contributed by atoms with van der Waals surface area (Å²) >= 11 is 0. The third kappa shape index (κ3) is 2.55. The molecule has 2 N–H and O–H groups in total. The standard InChI is InChI=1S/C12H16F3N/c1-7(16)6-12(2,3)8-4-5-9(13)11(15)10(8)14/h4-5,7H,6,16H2,1-3H3. The number of rotatable bonds is 3. The van der Waals surface area contributed by atoms with E-state index >= 15 is 0 Å². The summed E-state index contributed by atoms with van der Waals surface area (Å²) < 4.78 is 39.4. The Hall–Kier alpha value is -1.03. The van der Waals surface area contributed by atoms with Crippen molar-refractivity contribution in [3.05, 3.63) is 35.1 Å². The highest BCUT2D eigenvalue weighted by Gasteiger charge is 2.28. The van der Waals surface area contributed by atoms with E-state index in [1.807, 2.05) is 0 Å². The van der Waals surface area contributed by atoms with Crippen LogP contribution in [0, 0.1) is 17.5 Å². The fourth-order valence-corrected chi connectivity index (χ4v) is 1.96. The molecule has 0 amide bonds. The molecule has 0 saturated carbocycles. The van der Waals surface area contributed by atoms with Crippen molar-refractivity contribution in [1.29, 1.82) is 0 Å². The van der Waals surface area contributed by atoms with Gasteiger partial charge in [0.05, 0.1) is 0 Å². The molecule has 0 saturated heterocycles. The van der Waals surface area contributed by atoms with Crippen LogP contribution >= 0.6 is 0 Å². The zero-order valence-corrected chi connectivity index (χ0v) is 9.65. The Kier molecular flexibility index (Phi) is 3.63. The van der Waals surface area contributed by atoms with Gasteiger partial charge in [-0.15, -0.1) is 0 Å². The van der Waals surface area contributed by atoms with E-state index in [0.29, 0.717) is 6.42 Å². The van der Waals surface area contributed by atoms with E-state index in [2.05, 4.69) is 0 Å². The van der Waals surface area contributed by atoms with Crippen molar-refractivity contribution in [3.63, 3.8) is 0 Å². The third-order valence-electron chi connectivity index (χ3n) is 2.60. The van der Waals surface area contributed by atoms with E-state index in [1.54, 1.807) is 20.8 Å². The summed E-state index contributed by atoms with van der Waals surface area (Å²) in [6, 6.07) is 2.08. The lowest BCUT2D eigenvalue weighted by molar-refractivity contribution is 0.388. The molecule has 1 atom stereocenters. The van der Waals surface area contributed by atoms with Gasteiger partial charge in [0, 0.05) is 6.04 Å². The molecule has 1 rings (SSSR count). The molecule has 0 fully saturated rings. The van der Waals surface area contributed by atoms with Crippen molar-refractivity contribution in [3.8, 4) is 0 Å². The predicted octanol–water partition coefficient (Wildman–Crippen LogP) is 3.12. The van der Waals surface area contributed by atoms with Gasteiger partial charge in [0.15, 0.2) is 17.5 Å². The molecule has 1 unspecified atom stereocenters. The van der Waals surface area contributed by atoms with E-state index < -0.39 is 22.9 Å². The largest absolute Gasteiger partial charge is 0.328 e. The highest BCUT2D eigenvalue weighted by molar-refractivity contribution is 5.27. The molecule has 0 aliphatic carbocycles. The van der Waals surface area contributed by atoms with Gasteiger partial charge in [0.1, 0.15) is 0 Å². The first kappa shape index (κ1) is 13.0. The van der Waals surface area contributed by atoms with Crippen LogP contribution in [0.2, 0.25) is 0 Å². The average Bonchev–Trinajstić information content (AvgIpc) is 2.11. The smallest absolute Gasteiger partial charge is 0.194 e. The van der Waals surface area contributed by atoms with Crippen LogP contribution in [0.1, 0.15) is 32.8 Å². The van der Waals surface area contributed by atoms with Gasteiger partial charge in [0.25, 0.3) is 0 Å². The van der Waals surface area contributed by atoms with Crippen molar-refractivity contribution in [2.45, 2.75) is 38.6 Å². The summed E-state index contributed by atoms with van der Waals surface area (Å²) in [5.41, 5.74) is 5.18. The minimum absolute atomic E-state index is 0.137. The fourth-order valence-electron chi connectivity index (χ4n) is 1.96. The molecule has 1 aromatic rings. The Morgan fingerprint density at radius 1 is 1.19 bits per heavy atom. The second kappa shape index (κ2) is 4.45. The summed E-state index contributed by atoms with van der Waals surface area (Å²) in [6.45, 7) is 5.30. The maximum atomic E-state index is 13.6. The first-order valence-electron chi connectivity index (χ1n) is 5.15. The molecule has 16 heavy (non-hydrogen) atoms. The number of hydrogen-bond donors (Lipinski definition) is 1. The Labute approximate surface area is 93.5 Å². The van der Waals surface area contributed by atoms with Crippen LogP contribution < -0.4 is 5.73 Å². The van der Waals surface area contributed by atoms with Crippen molar-refractivity contribution in [1.82, 2.24) is 0 Å². The lowest BCUT2D eigenvalue weighted by Crippen LogP contribution is -2.29. The average molecular weight is 231 g/mol. The van der Waals surface area contributed by atoms with Crippen molar-refractivity contribution in [2.24, 2.45) is 5.73 Å². The fraction of sp³-hybridized carbons (Fsp3) is 0.500. The summed E-state index contributed by atoms with van der Waals surface area (Å²) in [4.78, 5) is 0. The summed E-state index contributed by atoms with van der Waals surface area (Å²) in [6.07, 6.45) is 0.495. The zero-order chi connectivity index (χ0) is 12.5. The normalized spacial score (nSPS) is 13.9. The number of hydrogen-bond acceptors (Lipinski definition) is 1. The van der Waals surface area contributed by atoms with Crippen LogP contribution in [0.4, 0.5) is 13.2 Å². The molecule has 90 valence electrons. The Bertz CT molecular complexity index is 386. The number of halogens is 3. The molecule has 0 aromatic heterocycles. The highest BCUT2D eigenvalue weighted by Crippen LogP contribution is 2.31. The van der Waals surface area contributed by atoms with Crippen LogP contribution in [0.5, 0.6) is 0 Å². The zero-order valence-electron chi connectivity index (χ0n) is 9.65. The van der Waals surface area contributed by atoms with Gasteiger partial charge in [-0.3, -0.25) is 0 Å². The van der Waals surface area contributed by atoms with Crippen molar-refractivity contribution in [2.75, 3.05) is 0 Å². The third-order valence-corrected chi connectivity index (χ3v) is 2.60. The molecule has 1 nitrogen and oxygen atoms in total. The van der Waals surface area contributed by atoms with Gasteiger partial charge in [-0.2, -0.15) is 0 Å². The Balaban J connectivity index is 3.18. The molecule has 0 spiro atoms. The van der Waals surface area contributed by atoms with Gasteiger partial charge >= 0.3 is 0 Å². The van der Waals surface area contributed by atoms with Gasteiger partial charge in [0.2, 0.25) is 0 Å². The minimum atomic E-state index is -1.42. The van der Waals surface area contributed by atoms with E-state index in [1.165, 1.54) is 6.07 Å². The van der Waals surface area contributed by atoms with E-state index in [0.717, 1.165) is 6.07 Å². The Morgan fingerprint density at radius 2 is 1.75 bits per heavy atom. The quantitative estimate of drug-likeness (QED) is 0.795. The Morgan fingerprint density at radius 3 is 2.25 bits per heavy atom. The molecule has 0 aliphatic heterocycles.